The topological polar surface area (TPSA) is 93.3 Å². The van der Waals surface area contributed by atoms with Gasteiger partial charge in [0.25, 0.3) is 10.1 Å². The van der Waals surface area contributed by atoms with Gasteiger partial charge < -0.3 is 5.73 Å². The minimum atomic E-state index is -4.02. The molecule has 0 aliphatic rings. The molecule has 2 aromatic carbocycles. The number of aromatic nitrogens is 1. The lowest BCUT2D eigenvalue weighted by atomic mass is 10.2. The van der Waals surface area contributed by atoms with Crippen LogP contribution in [0.5, 0.6) is 0 Å². The number of aryl methyl sites for hydroxylation is 1. The third kappa shape index (κ3) is 5.07. The number of hydrogen-bond donors (Lipinski definition) is 2. The minimum Gasteiger partial charge on any atom is -0.330 e. The second-order valence-electron chi connectivity index (χ2n) is 5.05. The van der Waals surface area contributed by atoms with E-state index in [4.69, 9.17) is 10.3 Å². The molecule has 1 aromatic heterocycles. The van der Waals surface area contributed by atoms with Crippen LogP contribution in [0, 0.1) is 12.7 Å². The van der Waals surface area contributed by atoms with Gasteiger partial charge in [0.05, 0.1) is 20.1 Å². The maximum absolute atomic E-state index is 12.8. The molecule has 0 aliphatic carbocycles. The Morgan fingerprint density at radius 2 is 1.88 bits per heavy atom. The third-order valence-electron chi connectivity index (χ3n) is 3.07. The maximum Gasteiger partial charge on any atom is 0.294 e. The van der Waals surface area contributed by atoms with E-state index in [1.165, 1.54) is 35.6 Å². The lowest BCUT2D eigenvalue weighted by molar-refractivity contribution is 0.483. The molecule has 0 saturated carbocycles. The van der Waals surface area contributed by atoms with E-state index < -0.39 is 10.1 Å². The Morgan fingerprint density at radius 1 is 1.21 bits per heavy atom. The van der Waals surface area contributed by atoms with Gasteiger partial charge in [-0.05, 0) is 43.8 Å². The van der Waals surface area contributed by atoms with Gasteiger partial charge >= 0.3 is 0 Å². The monoisotopic (exact) mass is 368 g/mol. The average molecular weight is 368 g/mol. The van der Waals surface area contributed by atoms with Crippen molar-refractivity contribution in [1.29, 1.82) is 0 Å². The highest BCUT2D eigenvalue weighted by Gasteiger charge is 2.06. The summed E-state index contributed by atoms with van der Waals surface area (Å²) in [6.07, 6.45) is 0.765. The zero-order chi connectivity index (χ0) is 17.7. The molecule has 1 heterocycles. The van der Waals surface area contributed by atoms with Crippen molar-refractivity contribution in [3.63, 3.8) is 0 Å². The molecular formula is C16H17FN2O3S2. The Bertz CT molecular complexity index is 922. The fourth-order valence-electron chi connectivity index (χ4n) is 1.89. The number of benzene rings is 2. The summed E-state index contributed by atoms with van der Waals surface area (Å²) in [7, 11) is -4.02. The predicted octanol–water partition coefficient (Wildman–Crippen LogP) is 3.18. The smallest absolute Gasteiger partial charge is 0.294 e. The maximum atomic E-state index is 12.8. The molecule has 3 aromatic rings. The zero-order valence-electron chi connectivity index (χ0n) is 12.9. The van der Waals surface area contributed by atoms with Crippen LogP contribution < -0.4 is 5.73 Å². The van der Waals surface area contributed by atoms with Crippen LogP contribution in [0.1, 0.15) is 10.6 Å². The van der Waals surface area contributed by atoms with Gasteiger partial charge in [-0.25, -0.2) is 9.37 Å². The van der Waals surface area contributed by atoms with Gasteiger partial charge in [-0.2, -0.15) is 8.42 Å². The highest BCUT2D eigenvalue weighted by molar-refractivity contribution is 7.85. The normalized spacial score (nSPS) is 11.2. The molecule has 0 amide bonds. The van der Waals surface area contributed by atoms with E-state index in [1.54, 1.807) is 18.2 Å². The largest absolute Gasteiger partial charge is 0.330 e. The summed E-state index contributed by atoms with van der Waals surface area (Å²) in [5, 5.41) is 0.975. The van der Waals surface area contributed by atoms with Crippen molar-refractivity contribution < 1.29 is 17.4 Å². The molecule has 0 bridgehead atoms. The fraction of sp³-hybridized carbons (Fsp3) is 0.188. The first kappa shape index (κ1) is 18.5. The van der Waals surface area contributed by atoms with E-state index in [0.29, 0.717) is 6.54 Å². The summed E-state index contributed by atoms with van der Waals surface area (Å²) in [4.78, 5) is 4.25. The van der Waals surface area contributed by atoms with Gasteiger partial charge in [-0.15, -0.1) is 11.3 Å². The summed E-state index contributed by atoms with van der Waals surface area (Å²) in [6.45, 7) is 2.43. The van der Waals surface area contributed by atoms with Gasteiger partial charge in [0, 0.05) is 6.42 Å². The zero-order valence-corrected chi connectivity index (χ0v) is 14.6. The summed E-state index contributed by atoms with van der Waals surface area (Å²) in [5.74, 6) is -0.213. The number of rotatable bonds is 3. The van der Waals surface area contributed by atoms with E-state index in [9.17, 15) is 12.8 Å². The van der Waals surface area contributed by atoms with Crippen LogP contribution in [0.2, 0.25) is 0 Å². The van der Waals surface area contributed by atoms with Gasteiger partial charge in [-0.1, -0.05) is 17.7 Å². The number of halogens is 1. The van der Waals surface area contributed by atoms with Crippen LogP contribution in [0.15, 0.2) is 47.4 Å². The highest BCUT2D eigenvalue weighted by Crippen LogP contribution is 2.22. The molecule has 0 radical (unpaired) electrons. The van der Waals surface area contributed by atoms with Crippen molar-refractivity contribution in [2.45, 2.75) is 18.2 Å². The number of fused-ring (bicyclic) bond motifs is 1. The molecular weight excluding hydrogens is 351 g/mol. The van der Waals surface area contributed by atoms with Crippen molar-refractivity contribution in [3.05, 3.63) is 58.9 Å². The summed E-state index contributed by atoms with van der Waals surface area (Å²) in [6, 6.07) is 10.6. The van der Waals surface area contributed by atoms with Crippen LogP contribution in [0.25, 0.3) is 10.2 Å². The first-order valence-electron chi connectivity index (χ1n) is 7.09. The Morgan fingerprint density at radius 3 is 2.46 bits per heavy atom. The fourth-order valence-corrected chi connectivity index (χ4v) is 3.37. The number of hydrogen-bond acceptors (Lipinski definition) is 5. The van der Waals surface area contributed by atoms with Gasteiger partial charge in [0.15, 0.2) is 0 Å². The highest BCUT2D eigenvalue weighted by atomic mass is 32.2. The van der Waals surface area contributed by atoms with E-state index in [2.05, 4.69) is 4.98 Å². The predicted molar refractivity (Wildman–Crippen MR) is 93.3 cm³/mol. The first-order chi connectivity index (χ1) is 11.3. The van der Waals surface area contributed by atoms with Gasteiger partial charge in [0.2, 0.25) is 0 Å². The molecule has 24 heavy (non-hydrogen) atoms. The van der Waals surface area contributed by atoms with Crippen molar-refractivity contribution in [2.24, 2.45) is 5.73 Å². The molecule has 0 fully saturated rings. The van der Waals surface area contributed by atoms with E-state index in [-0.39, 0.29) is 10.7 Å². The van der Waals surface area contributed by atoms with Crippen LogP contribution >= 0.6 is 11.3 Å². The summed E-state index contributed by atoms with van der Waals surface area (Å²) >= 11 is 1.50. The van der Waals surface area contributed by atoms with Crippen LogP contribution in [-0.2, 0) is 16.5 Å². The Hall–Kier alpha value is -1.87. The van der Waals surface area contributed by atoms with Gasteiger partial charge in [0.1, 0.15) is 5.82 Å². The molecule has 5 nitrogen and oxygen atoms in total. The summed E-state index contributed by atoms with van der Waals surface area (Å²) in [5.41, 5.74) is 7.22. The molecule has 128 valence electrons. The average Bonchev–Trinajstić information content (AvgIpc) is 2.89. The van der Waals surface area contributed by atoms with Crippen LogP contribution in [0.3, 0.4) is 0 Å². The lowest BCUT2D eigenvalue weighted by Crippen LogP contribution is -2.01. The van der Waals surface area contributed by atoms with E-state index in [0.717, 1.165) is 27.2 Å². The number of thiazole rings is 1. The Labute approximate surface area is 143 Å². The third-order valence-corrected chi connectivity index (χ3v) is 5.02. The molecule has 8 heteroatoms. The molecule has 3 N–H and O–H groups in total. The van der Waals surface area contributed by atoms with Gasteiger partial charge in [-0.3, -0.25) is 4.55 Å². The summed E-state index contributed by atoms with van der Waals surface area (Å²) < 4.78 is 43.2. The Kier molecular flexibility index (Phi) is 6.00. The van der Waals surface area contributed by atoms with Crippen molar-refractivity contribution in [1.82, 2.24) is 4.98 Å². The molecule has 0 saturated heterocycles. The number of nitrogens with zero attached hydrogens (tertiary/aromatic N) is 1. The Balaban J connectivity index is 0.000000177. The van der Waals surface area contributed by atoms with Crippen molar-refractivity contribution in [3.8, 4) is 0 Å². The molecule has 0 unspecified atom stereocenters. The second-order valence-corrected chi connectivity index (χ2v) is 7.58. The SMILES string of the molecule is Cc1ccc(S(=O)(=O)O)cc1.NCCc1nc2ccc(F)cc2s1. The van der Waals surface area contributed by atoms with Crippen LogP contribution in [0.4, 0.5) is 4.39 Å². The molecule has 0 aliphatic heterocycles. The molecule has 3 rings (SSSR count). The molecule has 0 atom stereocenters. The number of nitrogens with two attached hydrogens (primary N) is 1. The quantitative estimate of drug-likeness (QED) is 0.693. The van der Waals surface area contributed by atoms with Crippen LogP contribution in [-0.4, -0.2) is 24.5 Å². The second kappa shape index (κ2) is 7.80. The molecule has 0 spiro atoms. The first-order valence-corrected chi connectivity index (χ1v) is 9.34. The van der Waals surface area contributed by atoms with E-state index >= 15 is 0 Å². The van der Waals surface area contributed by atoms with E-state index in [1.807, 2.05) is 6.92 Å². The lowest BCUT2D eigenvalue weighted by Gasteiger charge is -1.95. The van der Waals surface area contributed by atoms with Crippen molar-refractivity contribution in [2.75, 3.05) is 6.54 Å². The van der Waals surface area contributed by atoms with Crippen molar-refractivity contribution >= 4 is 31.7 Å². The minimum absolute atomic E-state index is 0.0666. The standard InChI is InChI=1S/C9H9FN2S.C7H8O3S/c10-6-1-2-7-8(5-6)13-9(12-7)3-4-11;1-6-2-4-7(5-3-6)11(8,9)10/h1-2,5H,3-4,11H2;2-5H,1H3,(H,8,9,10).